The van der Waals surface area contributed by atoms with Crippen LogP contribution in [0.4, 0.5) is 0 Å². The van der Waals surface area contributed by atoms with Gasteiger partial charge < -0.3 is 5.32 Å². The molecule has 1 rings (SSSR count). The minimum Gasteiger partial charge on any atom is -0.362 e. The molecule has 0 saturated carbocycles. The van der Waals surface area contributed by atoms with Gasteiger partial charge in [0.1, 0.15) is 0 Å². The van der Waals surface area contributed by atoms with Gasteiger partial charge in [-0.3, -0.25) is 4.99 Å². The zero-order valence-electron chi connectivity index (χ0n) is 9.55. The monoisotopic (exact) mass is 214 g/mol. The maximum absolute atomic E-state index is 4.53. The minimum absolute atomic E-state index is 0.576. The lowest BCUT2D eigenvalue weighted by molar-refractivity contribution is 0.600. The van der Waals surface area contributed by atoms with Crippen molar-refractivity contribution < 1.29 is 0 Å². The van der Waals surface area contributed by atoms with Gasteiger partial charge in [-0.2, -0.15) is 0 Å². The molecular formula is C11H22N2S. The summed E-state index contributed by atoms with van der Waals surface area (Å²) in [6, 6.07) is 0.576. The van der Waals surface area contributed by atoms with Crippen LogP contribution in [0, 0.1) is 0 Å². The van der Waals surface area contributed by atoms with E-state index in [-0.39, 0.29) is 0 Å². The fourth-order valence-electron chi connectivity index (χ4n) is 1.68. The fourth-order valence-corrected chi connectivity index (χ4v) is 2.92. The van der Waals surface area contributed by atoms with Gasteiger partial charge in [-0.25, -0.2) is 0 Å². The third kappa shape index (κ3) is 3.91. The molecule has 0 fully saturated rings. The molecule has 0 aromatic rings. The van der Waals surface area contributed by atoms with E-state index < -0.39 is 0 Å². The molecule has 2 unspecified atom stereocenters. The summed E-state index contributed by atoms with van der Waals surface area (Å²) in [5, 5.41) is 5.38. The molecule has 2 nitrogen and oxygen atoms in total. The van der Waals surface area contributed by atoms with Gasteiger partial charge >= 0.3 is 0 Å². The van der Waals surface area contributed by atoms with Crippen molar-refractivity contribution in [2.24, 2.45) is 4.99 Å². The number of rotatable bonds is 5. The normalized spacial score (nSPS) is 23.4. The molecule has 2 atom stereocenters. The maximum atomic E-state index is 4.53. The van der Waals surface area contributed by atoms with E-state index in [0.717, 1.165) is 11.8 Å². The molecule has 1 heterocycles. The molecule has 0 aromatic heterocycles. The first-order valence-electron chi connectivity index (χ1n) is 5.73. The van der Waals surface area contributed by atoms with Crippen LogP contribution in [0.2, 0.25) is 0 Å². The predicted octanol–water partition coefficient (Wildman–Crippen LogP) is 3.04. The Hall–Kier alpha value is -0.180. The average Bonchev–Trinajstić information content (AvgIpc) is 2.53. The van der Waals surface area contributed by atoms with Crippen LogP contribution in [-0.4, -0.2) is 23.0 Å². The molecule has 82 valence electrons. The molecule has 0 spiro atoms. The Morgan fingerprint density at radius 1 is 1.50 bits per heavy atom. The molecule has 1 aliphatic heterocycles. The highest BCUT2D eigenvalue weighted by atomic mass is 32.2. The average molecular weight is 214 g/mol. The van der Waals surface area contributed by atoms with E-state index in [0.29, 0.717) is 6.04 Å². The zero-order chi connectivity index (χ0) is 10.4. The van der Waals surface area contributed by atoms with Crippen molar-refractivity contribution in [2.75, 3.05) is 6.54 Å². The van der Waals surface area contributed by atoms with Crippen LogP contribution >= 0.6 is 11.8 Å². The summed E-state index contributed by atoms with van der Waals surface area (Å²) in [5.41, 5.74) is 0. The van der Waals surface area contributed by atoms with Gasteiger partial charge in [0.25, 0.3) is 0 Å². The molecule has 0 bridgehead atoms. The van der Waals surface area contributed by atoms with Gasteiger partial charge in [-0.1, -0.05) is 38.5 Å². The number of amidine groups is 1. The highest BCUT2D eigenvalue weighted by molar-refractivity contribution is 8.14. The van der Waals surface area contributed by atoms with E-state index in [2.05, 4.69) is 31.1 Å². The molecule has 1 aliphatic rings. The van der Waals surface area contributed by atoms with Gasteiger partial charge in [0.2, 0.25) is 0 Å². The number of thioether (sulfide) groups is 1. The van der Waals surface area contributed by atoms with Crippen LogP contribution in [0.15, 0.2) is 4.99 Å². The topological polar surface area (TPSA) is 24.4 Å². The summed E-state index contributed by atoms with van der Waals surface area (Å²) in [6.07, 6.45) is 5.04. The van der Waals surface area contributed by atoms with E-state index in [1.807, 2.05) is 11.8 Å². The Morgan fingerprint density at radius 2 is 2.29 bits per heavy atom. The van der Waals surface area contributed by atoms with Crippen LogP contribution in [0.1, 0.15) is 46.5 Å². The van der Waals surface area contributed by atoms with Crippen molar-refractivity contribution in [1.82, 2.24) is 5.32 Å². The van der Waals surface area contributed by atoms with E-state index in [1.54, 1.807) is 0 Å². The third-order valence-electron chi connectivity index (χ3n) is 2.42. The van der Waals surface area contributed by atoms with Gasteiger partial charge in [-0.05, 0) is 19.8 Å². The van der Waals surface area contributed by atoms with Crippen LogP contribution in [0.3, 0.4) is 0 Å². The van der Waals surface area contributed by atoms with Crippen molar-refractivity contribution in [3.8, 4) is 0 Å². The highest BCUT2D eigenvalue weighted by Crippen LogP contribution is 2.23. The summed E-state index contributed by atoms with van der Waals surface area (Å²) >= 11 is 1.93. The molecule has 0 aliphatic carbocycles. The molecule has 0 amide bonds. The third-order valence-corrected chi connectivity index (χ3v) is 3.61. The summed E-state index contributed by atoms with van der Waals surface area (Å²) in [5.74, 6) is 0. The maximum Gasteiger partial charge on any atom is 0.157 e. The lowest BCUT2D eigenvalue weighted by atomic mass is 10.2. The molecule has 0 saturated heterocycles. The first-order chi connectivity index (χ1) is 6.76. The number of aliphatic imine (C=N–C) groups is 1. The second-order valence-corrected chi connectivity index (χ2v) is 5.30. The Kier molecular flexibility index (Phi) is 5.38. The molecule has 14 heavy (non-hydrogen) atoms. The summed E-state index contributed by atoms with van der Waals surface area (Å²) in [6.45, 7) is 7.72. The molecular weight excluding hydrogens is 192 g/mol. The smallest absolute Gasteiger partial charge is 0.157 e. The van der Waals surface area contributed by atoms with E-state index >= 15 is 0 Å². The van der Waals surface area contributed by atoms with E-state index in [9.17, 15) is 0 Å². The van der Waals surface area contributed by atoms with Gasteiger partial charge in [0.05, 0.1) is 6.54 Å². The van der Waals surface area contributed by atoms with Crippen LogP contribution in [0.25, 0.3) is 0 Å². The van der Waals surface area contributed by atoms with Crippen molar-refractivity contribution in [1.29, 1.82) is 0 Å². The summed E-state index contributed by atoms with van der Waals surface area (Å²) in [4.78, 5) is 4.53. The summed E-state index contributed by atoms with van der Waals surface area (Å²) < 4.78 is 0. The van der Waals surface area contributed by atoms with Crippen LogP contribution < -0.4 is 5.32 Å². The Labute approximate surface area is 92.0 Å². The number of nitrogens with one attached hydrogen (secondary N) is 1. The second-order valence-electron chi connectivity index (χ2n) is 4.01. The Bertz CT molecular complexity index is 192. The molecule has 1 N–H and O–H groups in total. The predicted molar refractivity (Wildman–Crippen MR) is 66.1 cm³/mol. The summed E-state index contributed by atoms with van der Waals surface area (Å²) in [7, 11) is 0. The minimum atomic E-state index is 0.576. The van der Waals surface area contributed by atoms with Crippen molar-refractivity contribution in [2.45, 2.75) is 57.7 Å². The van der Waals surface area contributed by atoms with Gasteiger partial charge in [-0.15, -0.1) is 0 Å². The van der Waals surface area contributed by atoms with Crippen LogP contribution in [-0.2, 0) is 0 Å². The van der Waals surface area contributed by atoms with Crippen molar-refractivity contribution >= 4 is 16.9 Å². The number of hydrogen-bond acceptors (Lipinski definition) is 3. The number of hydrogen-bond donors (Lipinski definition) is 1. The largest absolute Gasteiger partial charge is 0.362 e. The Balaban J connectivity index is 2.21. The fraction of sp³-hybridized carbons (Fsp3) is 0.909. The molecule has 0 aromatic carbocycles. The molecule has 0 radical (unpaired) electrons. The Morgan fingerprint density at radius 3 is 2.93 bits per heavy atom. The van der Waals surface area contributed by atoms with E-state index in [4.69, 9.17) is 0 Å². The number of nitrogens with zero attached hydrogens (tertiary/aromatic N) is 1. The van der Waals surface area contributed by atoms with Crippen molar-refractivity contribution in [3.05, 3.63) is 0 Å². The van der Waals surface area contributed by atoms with Gasteiger partial charge in [0.15, 0.2) is 5.17 Å². The van der Waals surface area contributed by atoms with Gasteiger partial charge in [0, 0.05) is 11.3 Å². The van der Waals surface area contributed by atoms with Crippen molar-refractivity contribution in [3.63, 3.8) is 0 Å². The molecule has 3 heteroatoms. The highest BCUT2D eigenvalue weighted by Gasteiger charge is 2.19. The quantitative estimate of drug-likeness (QED) is 0.760. The first-order valence-corrected chi connectivity index (χ1v) is 6.61. The lowest BCUT2D eigenvalue weighted by Gasteiger charge is -2.13. The van der Waals surface area contributed by atoms with E-state index in [1.165, 1.54) is 30.9 Å². The first kappa shape index (κ1) is 11.9. The zero-order valence-corrected chi connectivity index (χ0v) is 10.4. The second kappa shape index (κ2) is 6.33. The van der Waals surface area contributed by atoms with Crippen LogP contribution in [0.5, 0.6) is 0 Å². The lowest BCUT2D eigenvalue weighted by Crippen LogP contribution is -2.29. The standard InChI is InChI=1S/C11H22N2S/c1-4-6-9(3)13-11-12-8-10(14-11)7-5-2/h9-10H,4-8H2,1-3H3,(H,12,13). The SMILES string of the molecule is CCCC(C)NC1=NCC(CCC)S1.